The number of amides is 2. The van der Waals surface area contributed by atoms with Crippen LogP contribution in [-0.2, 0) is 4.79 Å². The maximum atomic E-state index is 12.6. The van der Waals surface area contributed by atoms with E-state index in [0.29, 0.717) is 26.2 Å². The number of nitrogens with one attached hydrogen (secondary N) is 1. The van der Waals surface area contributed by atoms with Crippen molar-refractivity contribution in [2.24, 2.45) is 0 Å². The first-order valence-corrected chi connectivity index (χ1v) is 9.86. The van der Waals surface area contributed by atoms with Gasteiger partial charge in [0.05, 0.1) is 6.54 Å². The minimum atomic E-state index is -4.77. The van der Waals surface area contributed by atoms with Gasteiger partial charge >= 0.3 is 6.36 Å². The fourth-order valence-corrected chi connectivity index (χ4v) is 3.37. The molecule has 0 aliphatic carbocycles. The van der Waals surface area contributed by atoms with Crippen molar-refractivity contribution in [1.29, 1.82) is 0 Å². The van der Waals surface area contributed by atoms with Crippen molar-refractivity contribution >= 4 is 17.5 Å². The van der Waals surface area contributed by atoms with Gasteiger partial charge in [-0.2, -0.15) is 0 Å². The number of ether oxygens (including phenoxy) is 1. The monoisotopic (exact) mass is 435 g/mol. The van der Waals surface area contributed by atoms with Crippen molar-refractivity contribution in [1.82, 2.24) is 9.80 Å². The molecule has 9 heteroatoms. The summed E-state index contributed by atoms with van der Waals surface area (Å²) < 4.78 is 40.6. The molecule has 166 valence electrons. The van der Waals surface area contributed by atoms with Crippen molar-refractivity contribution in [3.8, 4) is 5.75 Å². The van der Waals surface area contributed by atoms with Crippen LogP contribution in [0.4, 0.5) is 18.9 Å². The SMILES string of the molecule is Cc1cccc(NC(=O)CN2CCN(C(=O)c3ccc(OC(F)(F)F)cc3)CC2)c1C. The Morgan fingerprint density at radius 1 is 1.00 bits per heavy atom. The van der Waals surface area contributed by atoms with Gasteiger partial charge in [0.25, 0.3) is 5.91 Å². The quantitative estimate of drug-likeness (QED) is 0.780. The predicted octanol–water partition coefficient (Wildman–Crippen LogP) is 3.60. The summed E-state index contributed by atoms with van der Waals surface area (Å²) in [6.07, 6.45) is -4.77. The van der Waals surface area contributed by atoms with E-state index in [1.165, 1.54) is 12.1 Å². The first-order valence-electron chi connectivity index (χ1n) is 9.86. The van der Waals surface area contributed by atoms with E-state index in [0.717, 1.165) is 28.9 Å². The van der Waals surface area contributed by atoms with E-state index in [4.69, 9.17) is 0 Å². The number of carbonyl (C=O) groups excluding carboxylic acids is 2. The summed E-state index contributed by atoms with van der Waals surface area (Å²) in [6.45, 7) is 6.07. The van der Waals surface area contributed by atoms with Crippen LogP contribution in [0.1, 0.15) is 21.5 Å². The molecule has 31 heavy (non-hydrogen) atoms. The van der Waals surface area contributed by atoms with Gasteiger partial charge < -0.3 is 15.0 Å². The van der Waals surface area contributed by atoms with Crippen LogP contribution >= 0.6 is 0 Å². The molecule has 0 atom stereocenters. The normalized spacial score (nSPS) is 14.9. The highest BCUT2D eigenvalue weighted by Gasteiger charge is 2.31. The molecule has 6 nitrogen and oxygen atoms in total. The van der Waals surface area contributed by atoms with Crippen LogP contribution < -0.4 is 10.1 Å². The Morgan fingerprint density at radius 2 is 1.65 bits per heavy atom. The minimum Gasteiger partial charge on any atom is -0.406 e. The van der Waals surface area contributed by atoms with Crippen LogP contribution in [0.3, 0.4) is 0 Å². The Morgan fingerprint density at radius 3 is 2.26 bits per heavy atom. The lowest BCUT2D eigenvalue weighted by molar-refractivity contribution is -0.274. The largest absolute Gasteiger partial charge is 0.573 e. The number of anilines is 1. The van der Waals surface area contributed by atoms with Gasteiger partial charge in [-0.15, -0.1) is 13.2 Å². The Hall–Kier alpha value is -3.07. The van der Waals surface area contributed by atoms with Gasteiger partial charge in [0, 0.05) is 37.4 Å². The van der Waals surface area contributed by atoms with Gasteiger partial charge in [-0.25, -0.2) is 0 Å². The predicted molar refractivity (Wildman–Crippen MR) is 110 cm³/mol. The fourth-order valence-electron chi connectivity index (χ4n) is 3.37. The van der Waals surface area contributed by atoms with E-state index >= 15 is 0 Å². The average Bonchev–Trinajstić information content (AvgIpc) is 2.71. The third kappa shape index (κ3) is 6.21. The van der Waals surface area contributed by atoms with Crippen LogP contribution in [0.2, 0.25) is 0 Å². The zero-order valence-electron chi connectivity index (χ0n) is 17.3. The second kappa shape index (κ2) is 9.38. The number of piperazine rings is 1. The maximum Gasteiger partial charge on any atom is 0.573 e. The van der Waals surface area contributed by atoms with Crippen LogP contribution in [-0.4, -0.2) is 60.7 Å². The highest BCUT2D eigenvalue weighted by atomic mass is 19.4. The zero-order valence-corrected chi connectivity index (χ0v) is 17.3. The third-order valence-corrected chi connectivity index (χ3v) is 5.24. The second-order valence-electron chi connectivity index (χ2n) is 7.44. The molecule has 1 fully saturated rings. The molecule has 0 aromatic heterocycles. The summed E-state index contributed by atoms with van der Waals surface area (Å²) in [6, 6.07) is 10.6. The molecule has 0 radical (unpaired) electrons. The highest BCUT2D eigenvalue weighted by molar-refractivity contribution is 5.95. The van der Waals surface area contributed by atoms with Crippen LogP contribution in [0, 0.1) is 13.8 Å². The molecule has 2 aromatic carbocycles. The van der Waals surface area contributed by atoms with Gasteiger partial charge in [0.15, 0.2) is 0 Å². The Bertz CT molecular complexity index is 937. The van der Waals surface area contributed by atoms with Gasteiger partial charge in [0.1, 0.15) is 5.75 Å². The topological polar surface area (TPSA) is 61.9 Å². The molecule has 0 unspecified atom stereocenters. The van der Waals surface area contributed by atoms with Crippen molar-refractivity contribution < 1.29 is 27.5 Å². The number of hydrogen-bond donors (Lipinski definition) is 1. The Kier molecular flexibility index (Phi) is 6.84. The molecule has 1 aliphatic rings. The van der Waals surface area contributed by atoms with Crippen molar-refractivity contribution in [2.75, 3.05) is 38.0 Å². The van der Waals surface area contributed by atoms with Gasteiger partial charge in [-0.1, -0.05) is 12.1 Å². The van der Waals surface area contributed by atoms with Crippen molar-refractivity contribution in [3.05, 3.63) is 59.2 Å². The number of aryl methyl sites for hydroxylation is 1. The number of halogens is 3. The zero-order chi connectivity index (χ0) is 22.6. The number of nitrogens with zero attached hydrogens (tertiary/aromatic N) is 2. The Balaban J connectivity index is 1.49. The van der Waals surface area contributed by atoms with Crippen molar-refractivity contribution in [3.63, 3.8) is 0 Å². The van der Waals surface area contributed by atoms with E-state index in [9.17, 15) is 22.8 Å². The van der Waals surface area contributed by atoms with E-state index < -0.39 is 6.36 Å². The first-order chi connectivity index (χ1) is 14.6. The lowest BCUT2D eigenvalue weighted by Gasteiger charge is -2.34. The summed E-state index contributed by atoms with van der Waals surface area (Å²) in [4.78, 5) is 28.6. The summed E-state index contributed by atoms with van der Waals surface area (Å²) in [5.41, 5.74) is 3.20. The smallest absolute Gasteiger partial charge is 0.406 e. The molecule has 3 rings (SSSR count). The number of carbonyl (C=O) groups is 2. The molecule has 0 saturated carbocycles. The van der Waals surface area contributed by atoms with Gasteiger partial charge in [-0.05, 0) is 55.3 Å². The molecular weight excluding hydrogens is 411 g/mol. The number of hydrogen-bond acceptors (Lipinski definition) is 4. The standard InChI is InChI=1S/C22H24F3N3O3/c1-15-4-3-5-19(16(15)2)26-20(29)14-27-10-12-28(13-11-27)21(30)17-6-8-18(9-7-17)31-22(23,24)25/h3-9H,10-14H2,1-2H3,(H,26,29). The molecule has 1 aliphatic heterocycles. The number of alkyl halides is 3. The third-order valence-electron chi connectivity index (χ3n) is 5.24. The Labute approximate surface area is 178 Å². The van der Waals surface area contributed by atoms with E-state index in [1.807, 2.05) is 36.9 Å². The van der Waals surface area contributed by atoms with Crippen LogP contribution in [0.5, 0.6) is 5.75 Å². The van der Waals surface area contributed by atoms with Crippen LogP contribution in [0.25, 0.3) is 0 Å². The molecular formula is C22H24F3N3O3. The summed E-state index contributed by atoms with van der Waals surface area (Å²) >= 11 is 0. The summed E-state index contributed by atoms with van der Waals surface area (Å²) in [7, 11) is 0. The molecule has 1 saturated heterocycles. The highest BCUT2D eigenvalue weighted by Crippen LogP contribution is 2.23. The molecule has 2 amide bonds. The van der Waals surface area contributed by atoms with Crippen LogP contribution in [0.15, 0.2) is 42.5 Å². The first kappa shape index (κ1) is 22.6. The van der Waals surface area contributed by atoms with E-state index in [2.05, 4.69) is 10.1 Å². The van der Waals surface area contributed by atoms with E-state index in [1.54, 1.807) is 4.90 Å². The second-order valence-corrected chi connectivity index (χ2v) is 7.44. The van der Waals surface area contributed by atoms with E-state index in [-0.39, 0.29) is 29.7 Å². The van der Waals surface area contributed by atoms with Gasteiger partial charge in [0.2, 0.25) is 5.91 Å². The fraction of sp³-hybridized carbons (Fsp3) is 0.364. The minimum absolute atomic E-state index is 0.117. The maximum absolute atomic E-state index is 12.6. The lowest BCUT2D eigenvalue weighted by Crippen LogP contribution is -2.50. The number of rotatable bonds is 5. The molecule has 0 bridgehead atoms. The summed E-state index contributed by atoms with van der Waals surface area (Å²) in [5, 5.41) is 2.93. The molecule has 0 spiro atoms. The van der Waals surface area contributed by atoms with Gasteiger partial charge in [-0.3, -0.25) is 14.5 Å². The molecule has 1 N–H and O–H groups in total. The summed E-state index contributed by atoms with van der Waals surface area (Å²) in [5.74, 6) is -0.754. The lowest BCUT2D eigenvalue weighted by atomic mass is 10.1. The molecule has 2 aromatic rings. The molecule has 1 heterocycles. The van der Waals surface area contributed by atoms with Crippen molar-refractivity contribution in [2.45, 2.75) is 20.2 Å². The average molecular weight is 435 g/mol. The number of benzene rings is 2.